The number of ether oxygens (including phenoxy) is 1. The zero-order chi connectivity index (χ0) is 15.6. The molecule has 0 aromatic carbocycles. The fourth-order valence-electron chi connectivity index (χ4n) is 3.34. The van der Waals surface area contributed by atoms with E-state index in [0.29, 0.717) is 12.0 Å². The third-order valence-corrected chi connectivity index (χ3v) is 4.40. The van der Waals surface area contributed by atoms with Gasteiger partial charge in [-0.25, -0.2) is 14.4 Å². The summed E-state index contributed by atoms with van der Waals surface area (Å²) in [7, 11) is 0. The summed E-state index contributed by atoms with van der Waals surface area (Å²) in [6, 6.07) is 4.23. The molecule has 7 heteroatoms. The smallest absolute Gasteiger partial charge is 0.225 e. The van der Waals surface area contributed by atoms with Crippen molar-refractivity contribution < 1.29 is 9.13 Å². The number of nitrogens with zero attached hydrogens (tertiary/aromatic N) is 5. The minimum Gasteiger partial charge on any atom is -0.487 e. The third-order valence-electron chi connectivity index (χ3n) is 4.40. The molecule has 0 unspecified atom stereocenters. The van der Waals surface area contributed by atoms with E-state index in [9.17, 15) is 4.39 Å². The zero-order valence-corrected chi connectivity index (χ0v) is 12.7. The molecule has 6 nitrogen and oxygen atoms in total. The topological polar surface area (TPSA) is 54.4 Å². The molecule has 23 heavy (non-hydrogen) atoms. The minimum absolute atomic E-state index is 0.179. The highest BCUT2D eigenvalue weighted by molar-refractivity contribution is 5.30. The Hall–Kier alpha value is -2.28. The lowest BCUT2D eigenvalue weighted by Crippen LogP contribution is -2.50. The standard InChI is InChI=1S/C16H18FN5O/c17-12-7-19-16(20-8-12)22-5-4-21-11-15(6-13(21)10-22)23-14-2-1-3-18-9-14/h1-3,7-9,13,15H,4-6,10-11H2/t13-,15+/m0/s1. The molecule has 2 aliphatic heterocycles. The van der Waals surface area contributed by atoms with Gasteiger partial charge in [0.2, 0.25) is 5.95 Å². The summed E-state index contributed by atoms with van der Waals surface area (Å²) in [5.74, 6) is 1.01. The van der Waals surface area contributed by atoms with Crippen molar-refractivity contribution in [3.05, 3.63) is 42.7 Å². The summed E-state index contributed by atoms with van der Waals surface area (Å²) < 4.78 is 19.0. The Labute approximate surface area is 133 Å². The van der Waals surface area contributed by atoms with Gasteiger partial charge in [0.1, 0.15) is 11.9 Å². The van der Waals surface area contributed by atoms with Crippen LogP contribution in [0.4, 0.5) is 10.3 Å². The fourth-order valence-corrected chi connectivity index (χ4v) is 3.34. The minimum atomic E-state index is -0.404. The Balaban J connectivity index is 1.39. The van der Waals surface area contributed by atoms with Crippen LogP contribution in [0, 0.1) is 5.82 Å². The van der Waals surface area contributed by atoms with Crippen LogP contribution in [0.15, 0.2) is 36.9 Å². The maximum absolute atomic E-state index is 13.0. The second-order valence-corrected chi connectivity index (χ2v) is 5.96. The van der Waals surface area contributed by atoms with E-state index in [1.54, 1.807) is 12.4 Å². The number of rotatable bonds is 3. The van der Waals surface area contributed by atoms with Gasteiger partial charge in [0.25, 0.3) is 0 Å². The van der Waals surface area contributed by atoms with Crippen molar-refractivity contribution in [2.45, 2.75) is 18.6 Å². The first-order valence-electron chi connectivity index (χ1n) is 7.81. The second kappa shape index (κ2) is 6.08. The Kier molecular flexibility index (Phi) is 3.78. The number of halogens is 1. The Morgan fingerprint density at radius 1 is 1.13 bits per heavy atom. The molecule has 0 amide bonds. The zero-order valence-electron chi connectivity index (χ0n) is 12.7. The van der Waals surface area contributed by atoms with Gasteiger partial charge >= 0.3 is 0 Å². The van der Waals surface area contributed by atoms with Gasteiger partial charge in [-0.1, -0.05) is 0 Å². The van der Waals surface area contributed by atoms with Gasteiger partial charge in [0.05, 0.1) is 18.6 Å². The molecule has 0 saturated carbocycles. The van der Waals surface area contributed by atoms with Crippen LogP contribution in [0.2, 0.25) is 0 Å². The van der Waals surface area contributed by atoms with E-state index >= 15 is 0 Å². The molecule has 0 radical (unpaired) electrons. The molecule has 2 aliphatic rings. The van der Waals surface area contributed by atoms with Crippen LogP contribution in [0.25, 0.3) is 0 Å². The molecule has 0 N–H and O–H groups in total. The predicted octanol–water partition coefficient (Wildman–Crippen LogP) is 1.35. The van der Waals surface area contributed by atoms with Gasteiger partial charge in [-0.15, -0.1) is 0 Å². The molecule has 0 aliphatic carbocycles. The predicted molar refractivity (Wildman–Crippen MR) is 82.8 cm³/mol. The summed E-state index contributed by atoms with van der Waals surface area (Å²) in [5, 5.41) is 0. The number of hydrogen-bond donors (Lipinski definition) is 0. The van der Waals surface area contributed by atoms with Crippen LogP contribution >= 0.6 is 0 Å². The third kappa shape index (κ3) is 3.10. The van der Waals surface area contributed by atoms with Gasteiger partial charge in [0.15, 0.2) is 5.82 Å². The summed E-state index contributed by atoms with van der Waals surface area (Å²) in [4.78, 5) is 16.8. The quantitative estimate of drug-likeness (QED) is 0.852. The summed E-state index contributed by atoms with van der Waals surface area (Å²) >= 11 is 0. The first kappa shape index (κ1) is 14.3. The van der Waals surface area contributed by atoms with Crippen LogP contribution in [0.1, 0.15) is 6.42 Å². The van der Waals surface area contributed by atoms with E-state index in [2.05, 4.69) is 24.8 Å². The highest BCUT2D eigenvalue weighted by Crippen LogP contribution is 2.26. The fraction of sp³-hybridized carbons (Fsp3) is 0.438. The molecular weight excluding hydrogens is 297 g/mol. The van der Waals surface area contributed by atoms with Gasteiger partial charge in [-0.05, 0) is 12.1 Å². The molecule has 120 valence electrons. The molecule has 4 heterocycles. The molecule has 2 fully saturated rings. The Morgan fingerprint density at radius 3 is 2.78 bits per heavy atom. The summed E-state index contributed by atoms with van der Waals surface area (Å²) in [5.41, 5.74) is 0. The second-order valence-electron chi connectivity index (χ2n) is 5.96. The first-order chi connectivity index (χ1) is 11.3. The normalized spacial score (nSPS) is 24.5. The molecule has 4 rings (SSSR count). The van der Waals surface area contributed by atoms with Crippen LogP contribution in [0.5, 0.6) is 5.75 Å². The maximum Gasteiger partial charge on any atom is 0.225 e. The van der Waals surface area contributed by atoms with Crippen molar-refractivity contribution in [2.24, 2.45) is 0 Å². The van der Waals surface area contributed by atoms with E-state index in [4.69, 9.17) is 4.74 Å². The van der Waals surface area contributed by atoms with Gasteiger partial charge in [-0.2, -0.15) is 0 Å². The SMILES string of the molecule is Fc1cnc(N2CCN3C[C@H](Oc4cccnc4)C[C@H]3C2)nc1. The molecule has 2 aromatic rings. The Bertz CT molecular complexity index is 653. The lowest BCUT2D eigenvalue weighted by molar-refractivity contribution is 0.192. The van der Waals surface area contributed by atoms with Crippen LogP contribution in [-0.2, 0) is 0 Å². The van der Waals surface area contributed by atoms with Crippen molar-refractivity contribution in [1.29, 1.82) is 0 Å². The number of piperazine rings is 1. The Morgan fingerprint density at radius 2 is 2.00 bits per heavy atom. The van der Waals surface area contributed by atoms with Crippen LogP contribution < -0.4 is 9.64 Å². The molecule has 0 bridgehead atoms. The van der Waals surface area contributed by atoms with Crippen molar-refractivity contribution in [3.63, 3.8) is 0 Å². The average Bonchev–Trinajstić information content (AvgIpc) is 2.98. The van der Waals surface area contributed by atoms with Gasteiger partial charge < -0.3 is 9.64 Å². The summed E-state index contributed by atoms with van der Waals surface area (Å²) in [6.07, 6.45) is 7.07. The number of anilines is 1. The van der Waals surface area contributed by atoms with Crippen molar-refractivity contribution >= 4 is 5.95 Å². The van der Waals surface area contributed by atoms with Crippen LogP contribution in [0.3, 0.4) is 0 Å². The van der Waals surface area contributed by atoms with E-state index in [-0.39, 0.29) is 6.10 Å². The van der Waals surface area contributed by atoms with E-state index in [0.717, 1.165) is 38.3 Å². The molecule has 2 atom stereocenters. The first-order valence-corrected chi connectivity index (χ1v) is 7.81. The van der Waals surface area contributed by atoms with Crippen molar-refractivity contribution in [1.82, 2.24) is 19.9 Å². The van der Waals surface area contributed by atoms with E-state index in [1.165, 1.54) is 12.4 Å². The molecule has 0 spiro atoms. The maximum atomic E-state index is 13.0. The van der Waals surface area contributed by atoms with Crippen molar-refractivity contribution in [2.75, 3.05) is 31.1 Å². The van der Waals surface area contributed by atoms with Crippen molar-refractivity contribution in [3.8, 4) is 5.75 Å². The van der Waals surface area contributed by atoms with Gasteiger partial charge in [0, 0.05) is 44.8 Å². The monoisotopic (exact) mass is 315 g/mol. The molecule has 2 aromatic heterocycles. The number of hydrogen-bond acceptors (Lipinski definition) is 6. The largest absolute Gasteiger partial charge is 0.487 e. The van der Waals surface area contributed by atoms with E-state index in [1.807, 2.05) is 12.1 Å². The average molecular weight is 315 g/mol. The van der Waals surface area contributed by atoms with E-state index < -0.39 is 5.82 Å². The summed E-state index contributed by atoms with van der Waals surface area (Å²) in [6.45, 7) is 3.57. The number of aromatic nitrogens is 3. The molecular formula is C16H18FN5O. The number of pyridine rings is 1. The lowest BCUT2D eigenvalue weighted by atomic mass is 10.1. The van der Waals surface area contributed by atoms with Gasteiger partial charge in [-0.3, -0.25) is 9.88 Å². The highest BCUT2D eigenvalue weighted by atomic mass is 19.1. The van der Waals surface area contributed by atoms with Crippen LogP contribution in [-0.4, -0.2) is 58.2 Å². The molecule has 2 saturated heterocycles. The lowest BCUT2D eigenvalue weighted by Gasteiger charge is -2.37. The number of fused-ring (bicyclic) bond motifs is 1. The highest BCUT2D eigenvalue weighted by Gasteiger charge is 2.37.